The minimum Gasteiger partial charge on any atom is -0.593 e. The number of benzene rings is 1. The molecule has 4 N–H and O–H groups in total. The molecule has 2 heterocycles. The summed E-state index contributed by atoms with van der Waals surface area (Å²) in [5, 5.41) is 16.6. The number of fused-ring (bicyclic) bond motifs is 1. The van der Waals surface area contributed by atoms with E-state index in [0.717, 1.165) is 68.7 Å². The summed E-state index contributed by atoms with van der Waals surface area (Å²) < 4.78 is 25.8. The summed E-state index contributed by atoms with van der Waals surface area (Å²) in [6.45, 7) is 5.50. The van der Waals surface area contributed by atoms with Crippen molar-refractivity contribution in [1.29, 1.82) is 0 Å². The van der Waals surface area contributed by atoms with Crippen molar-refractivity contribution in [3.63, 3.8) is 0 Å². The van der Waals surface area contributed by atoms with Crippen LogP contribution >= 0.6 is 0 Å². The second-order valence-corrected chi connectivity index (χ2v) is 15.4. The van der Waals surface area contributed by atoms with Crippen LogP contribution in [0.25, 0.3) is 10.9 Å². The molecule has 14 heteroatoms. The number of methoxy groups -OCH3 is 1. The van der Waals surface area contributed by atoms with Gasteiger partial charge in [0.2, 0.25) is 11.8 Å². The Morgan fingerprint density at radius 2 is 1.92 bits per heavy atom. The van der Waals surface area contributed by atoms with E-state index in [-0.39, 0.29) is 29.6 Å². The number of carbonyl (C=O) groups is 4. The Kier molecular flexibility index (Phi) is 13.4. The number of amides is 4. The van der Waals surface area contributed by atoms with Gasteiger partial charge in [-0.2, -0.15) is 4.72 Å². The molecule has 1 aliphatic heterocycles. The highest BCUT2D eigenvalue weighted by molar-refractivity contribution is 7.90. The molecule has 0 bridgehead atoms. The Balaban J connectivity index is 1.02. The highest BCUT2D eigenvalue weighted by Gasteiger charge is 2.40. The molecule has 3 fully saturated rings. The van der Waals surface area contributed by atoms with Crippen LogP contribution in [0.4, 0.5) is 4.79 Å². The molecule has 4 unspecified atom stereocenters. The standard InChI is InChI=1S/C37H51N5O8S/c1-4-23(2)34(36(46)41-51(48)27-16-17-27)40-35(45)30-13-9-19-42(30)33(44)22-38-37(47)50-32-14-8-11-24(32)10-6-5-7-12-29-31(43)21-25-20-26(49-3)15-18-28(25)39-29/h4,15,18,20-21,23-24,27,30,32,34,43H,1,5-14,16-17,19,22H2,2-3H3,(H,38,47)(H,40,45)(H,41,46)/t23-,24?,30?,32+,34?,51?/m0/s1. The molecule has 13 nitrogen and oxygen atoms in total. The summed E-state index contributed by atoms with van der Waals surface area (Å²) in [7, 11) is 1.60. The van der Waals surface area contributed by atoms with Crippen LogP contribution in [-0.2, 0) is 36.9 Å². The molecule has 3 aliphatic rings. The first-order valence-corrected chi connectivity index (χ1v) is 19.3. The van der Waals surface area contributed by atoms with Gasteiger partial charge in [0, 0.05) is 30.7 Å². The molecule has 51 heavy (non-hydrogen) atoms. The number of ether oxygens (including phenoxy) is 2. The van der Waals surface area contributed by atoms with Crippen molar-refractivity contribution in [2.24, 2.45) is 11.8 Å². The van der Waals surface area contributed by atoms with Gasteiger partial charge in [-0.05, 0) is 81.5 Å². The fraction of sp³-hybridized carbons (Fsp3) is 0.595. The van der Waals surface area contributed by atoms with E-state index in [0.29, 0.717) is 37.3 Å². The number of hydrogen-bond acceptors (Lipinski definition) is 9. The van der Waals surface area contributed by atoms with Gasteiger partial charge >= 0.3 is 6.09 Å². The van der Waals surface area contributed by atoms with Gasteiger partial charge in [-0.1, -0.05) is 25.8 Å². The monoisotopic (exact) mass is 725 g/mol. The van der Waals surface area contributed by atoms with E-state index in [1.54, 1.807) is 26.2 Å². The fourth-order valence-corrected chi connectivity index (χ4v) is 8.03. The number of nitrogens with one attached hydrogen (secondary N) is 3. The van der Waals surface area contributed by atoms with Crippen LogP contribution in [-0.4, -0.2) is 87.0 Å². The summed E-state index contributed by atoms with van der Waals surface area (Å²) in [6, 6.07) is 5.54. The minimum absolute atomic E-state index is 0.0512. The Bertz CT molecular complexity index is 1570. The zero-order valence-electron chi connectivity index (χ0n) is 29.6. The maximum absolute atomic E-state index is 13.3. The summed E-state index contributed by atoms with van der Waals surface area (Å²) in [6.07, 6.45) is 10.3. The molecule has 2 aromatic rings. The normalized spacial score (nSPS) is 21.8. The first-order valence-electron chi connectivity index (χ1n) is 18.1. The molecule has 2 aliphatic carbocycles. The minimum atomic E-state index is -1.50. The molecule has 1 saturated heterocycles. The van der Waals surface area contributed by atoms with Crippen molar-refractivity contribution in [3.8, 4) is 11.5 Å². The van der Waals surface area contributed by atoms with Gasteiger partial charge in [0.15, 0.2) is 0 Å². The predicted octanol–water partition coefficient (Wildman–Crippen LogP) is 4.19. The van der Waals surface area contributed by atoms with Gasteiger partial charge in [-0.25, -0.2) is 9.78 Å². The third-order valence-corrected chi connectivity index (χ3v) is 11.7. The number of unbranched alkanes of at least 4 members (excludes halogenated alkanes) is 2. The van der Waals surface area contributed by atoms with E-state index in [2.05, 4.69) is 26.9 Å². The van der Waals surface area contributed by atoms with E-state index in [4.69, 9.17) is 9.47 Å². The zero-order valence-corrected chi connectivity index (χ0v) is 30.4. The van der Waals surface area contributed by atoms with E-state index in [1.807, 2.05) is 18.2 Å². The summed E-state index contributed by atoms with van der Waals surface area (Å²) >= 11 is -1.50. The third kappa shape index (κ3) is 10.3. The maximum atomic E-state index is 13.3. The van der Waals surface area contributed by atoms with Gasteiger partial charge in [0.05, 0.1) is 29.7 Å². The van der Waals surface area contributed by atoms with E-state index in [1.165, 1.54) is 4.90 Å². The van der Waals surface area contributed by atoms with Gasteiger partial charge in [0.1, 0.15) is 41.5 Å². The Labute approximate surface area is 302 Å². The summed E-state index contributed by atoms with van der Waals surface area (Å²) in [4.78, 5) is 58.1. The predicted molar refractivity (Wildman–Crippen MR) is 193 cm³/mol. The number of pyridine rings is 1. The van der Waals surface area contributed by atoms with Crippen molar-refractivity contribution in [2.45, 2.75) is 107 Å². The summed E-state index contributed by atoms with van der Waals surface area (Å²) in [5.74, 6) is -0.729. The number of alkyl carbamates (subject to hydrolysis) is 1. The van der Waals surface area contributed by atoms with Gasteiger partial charge in [0.25, 0.3) is 5.91 Å². The van der Waals surface area contributed by atoms with Crippen molar-refractivity contribution < 1.29 is 38.3 Å². The Hall–Kier alpha value is -4.04. The number of rotatable bonds is 17. The average molecular weight is 726 g/mol. The smallest absolute Gasteiger partial charge is 0.407 e. The number of carbonyl (C=O) groups excluding carboxylic acids is 4. The second-order valence-electron chi connectivity index (χ2n) is 13.9. The molecule has 5 rings (SSSR count). The number of aromatic nitrogens is 1. The lowest BCUT2D eigenvalue weighted by Gasteiger charge is -2.28. The van der Waals surface area contributed by atoms with Crippen LogP contribution in [0.5, 0.6) is 11.5 Å². The topological polar surface area (TPSA) is 182 Å². The third-order valence-electron chi connectivity index (χ3n) is 10.2. The number of likely N-dealkylation sites (tertiary alicyclic amines) is 1. The molecular formula is C37H51N5O8S. The Morgan fingerprint density at radius 1 is 1.12 bits per heavy atom. The number of aromatic hydroxyl groups is 1. The number of aryl methyl sites for hydroxylation is 1. The van der Waals surface area contributed by atoms with Crippen molar-refractivity contribution in [3.05, 3.63) is 42.6 Å². The molecule has 0 radical (unpaired) electrons. The average Bonchev–Trinajstić information content (AvgIpc) is 3.70. The highest BCUT2D eigenvalue weighted by Crippen LogP contribution is 2.33. The first-order chi connectivity index (χ1) is 24.6. The molecule has 6 atom stereocenters. The molecule has 1 aromatic carbocycles. The van der Waals surface area contributed by atoms with E-state index >= 15 is 0 Å². The van der Waals surface area contributed by atoms with Crippen LogP contribution in [0.15, 0.2) is 36.9 Å². The van der Waals surface area contributed by atoms with Crippen LogP contribution in [0.3, 0.4) is 0 Å². The lowest BCUT2D eigenvalue weighted by molar-refractivity contribution is -0.139. The highest BCUT2D eigenvalue weighted by atomic mass is 32.2. The largest absolute Gasteiger partial charge is 0.593 e. The van der Waals surface area contributed by atoms with Crippen molar-refractivity contribution in [2.75, 3.05) is 20.2 Å². The number of hydrogen-bond donors (Lipinski definition) is 4. The van der Waals surface area contributed by atoms with E-state index < -0.39 is 53.2 Å². The second kappa shape index (κ2) is 17.9. The lowest BCUT2D eigenvalue weighted by atomic mass is 9.97. The van der Waals surface area contributed by atoms with Crippen LogP contribution in [0.2, 0.25) is 0 Å². The van der Waals surface area contributed by atoms with Crippen LogP contribution in [0, 0.1) is 11.8 Å². The fourth-order valence-electron chi connectivity index (χ4n) is 6.97. The van der Waals surface area contributed by atoms with Crippen molar-refractivity contribution in [1.82, 2.24) is 25.2 Å². The zero-order chi connectivity index (χ0) is 36.5. The van der Waals surface area contributed by atoms with E-state index in [9.17, 15) is 28.8 Å². The quantitative estimate of drug-likeness (QED) is 0.106. The first kappa shape index (κ1) is 38.2. The SMILES string of the molecule is C=C[C@H](C)C(NC(=O)C1CCCN1C(=O)CNC(=O)O[C@@H]1CCCC1CCCCCc1nc2ccc(OC)cc2cc1O)C(=O)N[S+]([O-])C1CC1. The lowest BCUT2D eigenvalue weighted by Crippen LogP contribution is -2.56. The van der Waals surface area contributed by atoms with Gasteiger partial charge in [-0.3, -0.25) is 14.4 Å². The van der Waals surface area contributed by atoms with Crippen LogP contribution in [0.1, 0.15) is 83.2 Å². The van der Waals surface area contributed by atoms with Crippen molar-refractivity contribution >= 4 is 46.1 Å². The Morgan fingerprint density at radius 3 is 2.67 bits per heavy atom. The number of nitrogens with zero attached hydrogens (tertiary/aromatic N) is 2. The molecule has 0 spiro atoms. The molecule has 1 aromatic heterocycles. The van der Waals surface area contributed by atoms with Crippen LogP contribution < -0.4 is 20.1 Å². The summed E-state index contributed by atoms with van der Waals surface area (Å²) in [5.41, 5.74) is 1.49. The van der Waals surface area contributed by atoms with Gasteiger partial charge < -0.3 is 34.7 Å². The molecular weight excluding hydrogens is 675 g/mol. The molecule has 2 saturated carbocycles. The maximum Gasteiger partial charge on any atom is 0.407 e. The molecule has 4 amide bonds. The molecule has 278 valence electrons. The van der Waals surface area contributed by atoms with Gasteiger partial charge in [-0.15, -0.1) is 6.58 Å².